The number of aromatic nitrogens is 2. The van der Waals surface area contributed by atoms with Gasteiger partial charge in [-0.25, -0.2) is 4.98 Å². The molecule has 0 saturated carbocycles. The molecule has 5 nitrogen and oxygen atoms in total. The van der Waals surface area contributed by atoms with Crippen LogP contribution in [0.1, 0.15) is 6.92 Å². The topological polar surface area (TPSA) is 74.8 Å². The molecule has 2 N–H and O–H groups in total. The average molecular weight is 310 g/mol. The van der Waals surface area contributed by atoms with Gasteiger partial charge in [0.15, 0.2) is 5.16 Å². The number of hydrogen-bond acceptors (Lipinski definition) is 4. The molecule has 0 aliphatic carbocycles. The van der Waals surface area contributed by atoms with Gasteiger partial charge in [0.05, 0.1) is 5.25 Å². The fourth-order valence-corrected chi connectivity index (χ4v) is 2.42. The van der Waals surface area contributed by atoms with E-state index in [0.29, 0.717) is 15.9 Å². The molecule has 1 atom stereocenters. The minimum atomic E-state index is -0.403. The molecule has 1 aromatic carbocycles. The molecule has 2 rings (SSSR count). The van der Waals surface area contributed by atoms with Crippen molar-refractivity contribution >= 4 is 35.0 Å². The Kier molecular flexibility index (Phi) is 4.81. The lowest BCUT2D eigenvalue weighted by Gasteiger charge is -2.11. The lowest BCUT2D eigenvalue weighted by molar-refractivity contribution is -0.115. The monoisotopic (exact) mass is 309 g/mol. The summed E-state index contributed by atoms with van der Waals surface area (Å²) in [5.74, 6) is -0.191. The highest BCUT2D eigenvalue weighted by Gasteiger charge is 2.15. The molecule has 0 saturated heterocycles. The van der Waals surface area contributed by atoms with Crippen molar-refractivity contribution in [3.63, 3.8) is 0 Å². The standard InChI is InChI=1S/C13H12ClN3O2S/c1-8(20-13-15-6-5-11(18)17-13)12(19)16-10-4-2-3-9(14)7-10/h2-8H,1H3,(H,16,19)(H,15,17,18)/t8-/m1/s1. The molecule has 0 aliphatic rings. The summed E-state index contributed by atoms with van der Waals surface area (Å²) in [7, 11) is 0. The van der Waals surface area contributed by atoms with E-state index in [4.69, 9.17) is 11.6 Å². The van der Waals surface area contributed by atoms with Crippen LogP contribution in [-0.2, 0) is 4.79 Å². The third-order valence-corrected chi connectivity index (χ3v) is 3.63. The molecule has 2 aromatic rings. The summed E-state index contributed by atoms with van der Waals surface area (Å²) in [5.41, 5.74) is 0.384. The van der Waals surface area contributed by atoms with Crippen LogP contribution in [0.5, 0.6) is 0 Å². The third-order valence-electron chi connectivity index (χ3n) is 2.40. The Morgan fingerprint density at radius 1 is 1.45 bits per heavy atom. The van der Waals surface area contributed by atoms with E-state index in [1.165, 1.54) is 24.0 Å². The van der Waals surface area contributed by atoms with E-state index in [2.05, 4.69) is 15.3 Å². The number of H-pyrrole nitrogens is 1. The van der Waals surface area contributed by atoms with Gasteiger partial charge in [0.1, 0.15) is 0 Å². The number of aromatic amines is 1. The number of amides is 1. The van der Waals surface area contributed by atoms with E-state index in [0.717, 1.165) is 0 Å². The summed E-state index contributed by atoms with van der Waals surface area (Å²) in [5, 5.41) is 3.31. The maximum Gasteiger partial charge on any atom is 0.251 e. The molecular weight excluding hydrogens is 298 g/mol. The largest absolute Gasteiger partial charge is 0.325 e. The number of benzene rings is 1. The number of thioether (sulfide) groups is 1. The smallest absolute Gasteiger partial charge is 0.251 e. The van der Waals surface area contributed by atoms with Crippen LogP contribution in [0.4, 0.5) is 5.69 Å². The Morgan fingerprint density at radius 2 is 2.25 bits per heavy atom. The molecule has 1 heterocycles. The van der Waals surface area contributed by atoms with Crippen molar-refractivity contribution < 1.29 is 4.79 Å². The first kappa shape index (κ1) is 14.6. The van der Waals surface area contributed by atoms with Gasteiger partial charge in [-0.3, -0.25) is 9.59 Å². The first-order valence-corrected chi connectivity index (χ1v) is 7.09. The third kappa shape index (κ3) is 4.11. The first-order chi connectivity index (χ1) is 9.54. The molecule has 20 heavy (non-hydrogen) atoms. The Balaban J connectivity index is 2.00. The Hall–Kier alpha value is -1.79. The second-order valence-corrected chi connectivity index (χ2v) is 5.76. The van der Waals surface area contributed by atoms with E-state index in [1.54, 1.807) is 31.2 Å². The van der Waals surface area contributed by atoms with Gasteiger partial charge in [0, 0.05) is 23.0 Å². The van der Waals surface area contributed by atoms with Crippen LogP contribution < -0.4 is 10.9 Å². The Morgan fingerprint density at radius 3 is 2.95 bits per heavy atom. The van der Waals surface area contributed by atoms with Crippen molar-refractivity contribution in [2.45, 2.75) is 17.3 Å². The van der Waals surface area contributed by atoms with Gasteiger partial charge in [-0.15, -0.1) is 0 Å². The SMILES string of the molecule is C[C@@H](Sc1nccc(=O)[nH]1)C(=O)Nc1cccc(Cl)c1. The number of nitrogens with zero attached hydrogens (tertiary/aromatic N) is 1. The molecule has 1 aromatic heterocycles. The first-order valence-electron chi connectivity index (χ1n) is 5.83. The van der Waals surface area contributed by atoms with Crippen LogP contribution in [0.2, 0.25) is 5.02 Å². The van der Waals surface area contributed by atoms with Gasteiger partial charge in [0.2, 0.25) is 5.91 Å². The summed E-state index contributed by atoms with van der Waals surface area (Å²) in [4.78, 5) is 29.7. The summed E-state index contributed by atoms with van der Waals surface area (Å²) in [6, 6.07) is 8.23. The van der Waals surface area contributed by atoms with Crippen molar-refractivity contribution in [1.29, 1.82) is 0 Å². The summed E-state index contributed by atoms with van der Waals surface area (Å²) in [6.45, 7) is 1.73. The van der Waals surface area contributed by atoms with Gasteiger partial charge in [0.25, 0.3) is 5.56 Å². The van der Waals surface area contributed by atoms with Crippen LogP contribution in [0, 0.1) is 0 Å². The summed E-state index contributed by atoms with van der Waals surface area (Å²) in [6.07, 6.45) is 1.41. The molecule has 0 radical (unpaired) electrons. The summed E-state index contributed by atoms with van der Waals surface area (Å²) < 4.78 is 0. The molecule has 1 amide bonds. The van der Waals surface area contributed by atoms with Crippen LogP contribution in [-0.4, -0.2) is 21.1 Å². The molecule has 0 aliphatic heterocycles. The van der Waals surface area contributed by atoms with Crippen molar-refractivity contribution in [2.75, 3.05) is 5.32 Å². The predicted octanol–water partition coefficient (Wildman–Crippen LogP) is 2.54. The van der Waals surface area contributed by atoms with Gasteiger partial charge in [-0.1, -0.05) is 29.4 Å². The predicted molar refractivity (Wildman–Crippen MR) is 80.3 cm³/mol. The normalized spacial score (nSPS) is 11.9. The number of carbonyl (C=O) groups excluding carboxylic acids is 1. The molecule has 0 fully saturated rings. The fourth-order valence-electron chi connectivity index (χ4n) is 1.44. The minimum absolute atomic E-state index is 0.191. The fraction of sp³-hybridized carbons (Fsp3) is 0.154. The highest BCUT2D eigenvalue weighted by atomic mass is 35.5. The van der Waals surface area contributed by atoms with Crippen LogP contribution in [0.15, 0.2) is 46.5 Å². The zero-order chi connectivity index (χ0) is 14.5. The van der Waals surface area contributed by atoms with Crippen LogP contribution >= 0.6 is 23.4 Å². The number of hydrogen-bond donors (Lipinski definition) is 2. The van der Waals surface area contributed by atoms with Crippen LogP contribution in [0.25, 0.3) is 0 Å². The quantitative estimate of drug-likeness (QED) is 0.672. The molecule has 7 heteroatoms. The van der Waals surface area contributed by atoms with E-state index < -0.39 is 5.25 Å². The van der Waals surface area contributed by atoms with Crippen molar-refractivity contribution in [3.8, 4) is 0 Å². The lowest BCUT2D eigenvalue weighted by atomic mass is 10.3. The van der Waals surface area contributed by atoms with E-state index in [-0.39, 0.29) is 11.5 Å². The van der Waals surface area contributed by atoms with E-state index in [9.17, 15) is 9.59 Å². The van der Waals surface area contributed by atoms with E-state index in [1.807, 2.05) is 0 Å². The average Bonchev–Trinajstić information content (AvgIpc) is 2.38. The number of halogens is 1. The van der Waals surface area contributed by atoms with E-state index >= 15 is 0 Å². The molecule has 104 valence electrons. The molecular formula is C13H12ClN3O2S. The number of carbonyl (C=O) groups is 1. The second kappa shape index (κ2) is 6.58. The number of anilines is 1. The van der Waals surface area contributed by atoms with Crippen molar-refractivity contribution in [3.05, 3.63) is 51.9 Å². The Labute approximate surface area is 124 Å². The second-order valence-electron chi connectivity index (χ2n) is 4.00. The maximum absolute atomic E-state index is 12.0. The molecule has 0 unspecified atom stereocenters. The van der Waals surface area contributed by atoms with Gasteiger partial charge >= 0.3 is 0 Å². The lowest BCUT2D eigenvalue weighted by Crippen LogP contribution is -2.23. The number of rotatable bonds is 4. The van der Waals surface area contributed by atoms with Crippen molar-refractivity contribution in [2.24, 2.45) is 0 Å². The number of nitrogens with one attached hydrogen (secondary N) is 2. The Bertz CT molecular complexity index is 674. The summed E-state index contributed by atoms with van der Waals surface area (Å²) >= 11 is 7.03. The zero-order valence-corrected chi connectivity index (χ0v) is 12.2. The highest BCUT2D eigenvalue weighted by molar-refractivity contribution is 8.00. The van der Waals surface area contributed by atoms with Gasteiger partial charge < -0.3 is 10.3 Å². The van der Waals surface area contributed by atoms with Crippen LogP contribution in [0.3, 0.4) is 0 Å². The molecule has 0 spiro atoms. The van der Waals surface area contributed by atoms with Gasteiger partial charge in [-0.2, -0.15) is 0 Å². The van der Waals surface area contributed by atoms with Crippen molar-refractivity contribution in [1.82, 2.24) is 9.97 Å². The minimum Gasteiger partial charge on any atom is -0.325 e. The highest BCUT2D eigenvalue weighted by Crippen LogP contribution is 2.20. The molecule has 0 bridgehead atoms. The maximum atomic E-state index is 12.0. The van der Waals surface area contributed by atoms with Gasteiger partial charge in [-0.05, 0) is 25.1 Å². The zero-order valence-electron chi connectivity index (χ0n) is 10.6.